The number of hydrogen-bond acceptors (Lipinski definition) is 3. The summed E-state index contributed by atoms with van der Waals surface area (Å²) in [5.74, 6) is 0.900. The molecule has 1 aliphatic rings. The highest BCUT2D eigenvalue weighted by Crippen LogP contribution is 2.19. The Morgan fingerprint density at radius 2 is 2.39 bits per heavy atom. The van der Waals surface area contributed by atoms with Crippen molar-refractivity contribution >= 4 is 5.91 Å². The monoisotopic (exact) mass is 250 g/mol. The standard InChI is InChI=1S/C14H22N2O2/c1-4-5-14(18-3)8-13-10-15-9-12(13)6-7-16-11(2)17/h5,8-9,15H,4,6-7,10H2,1-3H3,(H,16,17)/b13-8+,14-5+. The van der Waals surface area contributed by atoms with Crippen molar-refractivity contribution in [1.29, 1.82) is 0 Å². The molecule has 0 radical (unpaired) electrons. The fourth-order valence-electron chi connectivity index (χ4n) is 1.81. The molecule has 0 fully saturated rings. The van der Waals surface area contributed by atoms with E-state index in [0.29, 0.717) is 6.54 Å². The normalized spacial score (nSPS) is 17.4. The van der Waals surface area contributed by atoms with E-state index in [1.54, 1.807) is 7.11 Å². The summed E-state index contributed by atoms with van der Waals surface area (Å²) in [6.07, 6.45) is 7.90. The van der Waals surface area contributed by atoms with Gasteiger partial charge in [-0.05, 0) is 36.1 Å². The number of ether oxygens (including phenoxy) is 1. The highest BCUT2D eigenvalue weighted by Gasteiger charge is 2.11. The Morgan fingerprint density at radius 3 is 3.00 bits per heavy atom. The zero-order valence-electron chi connectivity index (χ0n) is 11.4. The first-order valence-electron chi connectivity index (χ1n) is 6.29. The number of rotatable bonds is 6. The molecular weight excluding hydrogens is 228 g/mol. The van der Waals surface area contributed by atoms with Crippen LogP contribution in [-0.4, -0.2) is 26.1 Å². The molecule has 100 valence electrons. The van der Waals surface area contributed by atoms with Gasteiger partial charge in [-0.1, -0.05) is 6.92 Å². The average molecular weight is 250 g/mol. The van der Waals surface area contributed by atoms with Crippen LogP contribution in [0.3, 0.4) is 0 Å². The zero-order chi connectivity index (χ0) is 13.4. The van der Waals surface area contributed by atoms with Gasteiger partial charge in [0.15, 0.2) is 0 Å². The molecule has 0 saturated heterocycles. The Bertz CT molecular complexity index is 381. The first-order valence-corrected chi connectivity index (χ1v) is 6.29. The lowest BCUT2D eigenvalue weighted by atomic mass is 10.1. The predicted molar refractivity (Wildman–Crippen MR) is 72.9 cm³/mol. The van der Waals surface area contributed by atoms with E-state index in [1.807, 2.05) is 6.20 Å². The first kappa shape index (κ1) is 14.4. The largest absolute Gasteiger partial charge is 0.497 e. The smallest absolute Gasteiger partial charge is 0.216 e. The van der Waals surface area contributed by atoms with Crippen LogP contribution in [0, 0.1) is 0 Å². The molecule has 18 heavy (non-hydrogen) atoms. The lowest BCUT2D eigenvalue weighted by Crippen LogP contribution is -2.21. The predicted octanol–water partition coefficient (Wildman–Crippen LogP) is 1.87. The van der Waals surface area contributed by atoms with Crippen LogP contribution in [-0.2, 0) is 9.53 Å². The van der Waals surface area contributed by atoms with Crippen molar-refractivity contribution in [3.8, 4) is 0 Å². The van der Waals surface area contributed by atoms with E-state index < -0.39 is 0 Å². The second kappa shape index (κ2) is 7.58. The Labute approximate surface area is 109 Å². The maximum atomic E-state index is 10.8. The average Bonchev–Trinajstić information content (AvgIpc) is 2.75. The van der Waals surface area contributed by atoms with Crippen molar-refractivity contribution in [2.75, 3.05) is 20.2 Å². The van der Waals surface area contributed by atoms with E-state index in [1.165, 1.54) is 18.1 Å². The van der Waals surface area contributed by atoms with E-state index >= 15 is 0 Å². The van der Waals surface area contributed by atoms with E-state index in [2.05, 4.69) is 29.7 Å². The summed E-state index contributed by atoms with van der Waals surface area (Å²) in [6, 6.07) is 0. The highest BCUT2D eigenvalue weighted by molar-refractivity contribution is 5.72. The van der Waals surface area contributed by atoms with Crippen LogP contribution >= 0.6 is 0 Å². The topological polar surface area (TPSA) is 50.4 Å². The summed E-state index contributed by atoms with van der Waals surface area (Å²) in [5.41, 5.74) is 2.45. The minimum absolute atomic E-state index is 0.00976. The molecular formula is C14H22N2O2. The number of amides is 1. The van der Waals surface area contributed by atoms with Crippen LogP contribution in [0.4, 0.5) is 0 Å². The number of methoxy groups -OCH3 is 1. The molecule has 4 heteroatoms. The minimum Gasteiger partial charge on any atom is -0.497 e. The second-order valence-electron chi connectivity index (χ2n) is 4.17. The van der Waals surface area contributed by atoms with Crippen molar-refractivity contribution in [2.24, 2.45) is 0 Å². The maximum Gasteiger partial charge on any atom is 0.216 e. The maximum absolute atomic E-state index is 10.8. The van der Waals surface area contributed by atoms with Crippen LogP contribution < -0.4 is 10.6 Å². The Morgan fingerprint density at radius 1 is 1.61 bits per heavy atom. The van der Waals surface area contributed by atoms with Gasteiger partial charge in [0.05, 0.1) is 7.11 Å². The van der Waals surface area contributed by atoms with E-state index in [-0.39, 0.29) is 5.91 Å². The van der Waals surface area contributed by atoms with Gasteiger partial charge in [0.25, 0.3) is 0 Å². The molecule has 0 spiro atoms. The molecule has 1 amide bonds. The number of allylic oxidation sites excluding steroid dienone is 2. The van der Waals surface area contributed by atoms with Crippen molar-refractivity contribution in [2.45, 2.75) is 26.7 Å². The molecule has 0 bridgehead atoms. The van der Waals surface area contributed by atoms with E-state index in [0.717, 1.165) is 25.1 Å². The van der Waals surface area contributed by atoms with Gasteiger partial charge in [-0.25, -0.2) is 0 Å². The molecule has 2 N–H and O–H groups in total. The van der Waals surface area contributed by atoms with Crippen LogP contribution in [0.1, 0.15) is 26.7 Å². The molecule has 0 saturated carbocycles. The zero-order valence-corrected chi connectivity index (χ0v) is 11.4. The summed E-state index contributed by atoms with van der Waals surface area (Å²) in [5, 5.41) is 6.01. The van der Waals surface area contributed by atoms with Gasteiger partial charge in [-0.15, -0.1) is 0 Å². The van der Waals surface area contributed by atoms with E-state index in [4.69, 9.17) is 4.74 Å². The molecule has 0 aliphatic carbocycles. The Kier molecular flexibility index (Phi) is 6.05. The number of carbonyl (C=O) groups excluding carboxylic acids is 1. The molecule has 1 heterocycles. The molecule has 0 aromatic heterocycles. The van der Waals surface area contributed by atoms with Gasteiger partial charge in [-0.2, -0.15) is 0 Å². The third kappa shape index (κ3) is 4.65. The number of hydrogen-bond donors (Lipinski definition) is 2. The molecule has 0 aromatic rings. The Hall–Kier alpha value is -1.71. The fraction of sp³-hybridized carbons (Fsp3) is 0.500. The number of carbonyl (C=O) groups is 1. The van der Waals surface area contributed by atoms with Crippen molar-refractivity contribution in [3.05, 3.63) is 35.3 Å². The minimum atomic E-state index is 0.00976. The van der Waals surface area contributed by atoms with Gasteiger partial charge in [0, 0.05) is 26.2 Å². The first-order chi connectivity index (χ1) is 8.67. The van der Waals surface area contributed by atoms with Crippen LogP contribution in [0.15, 0.2) is 35.3 Å². The van der Waals surface area contributed by atoms with Gasteiger partial charge in [0.1, 0.15) is 5.76 Å². The van der Waals surface area contributed by atoms with Crippen LogP contribution in [0.5, 0.6) is 0 Å². The second-order valence-corrected chi connectivity index (χ2v) is 4.17. The summed E-state index contributed by atoms with van der Waals surface area (Å²) in [4.78, 5) is 10.8. The summed E-state index contributed by atoms with van der Waals surface area (Å²) in [6.45, 7) is 5.10. The SMILES string of the molecule is CC/C=C(\C=C1/CNC=C1CCNC(C)=O)OC. The fourth-order valence-corrected chi connectivity index (χ4v) is 1.81. The van der Waals surface area contributed by atoms with Crippen molar-refractivity contribution in [3.63, 3.8) is 0 Å². The molecule has 0 aromatic carbocycles. The Balaban J connectivity index is 2.60. The van der Waals surface area contributed by atoms with Gasteiger partial charge < -0.3 is 15.4 Å². The lowest BCUT2D eigenvalue weighted by Gasteiger charge is -2.07. The van der Waals surface area contributed by atoms with Crippen molar-refractivity contribution in [1.82, 2.24) is 10.6 Å². The molecule has 1 rings (SSSR count). The molecule has 0 unspecified atom stereocenters. The van der Waals surface area contributed by atoms with Crippen LogP contribution in [0.25, 0.3) is 0 Å². The van der Waals surface area contributed by atoms with Crippen LogP contribution in [0.2, 0.25) is 0 Å². The van der Waals surface area contributed by atoms with Gasteiger partial charge in [0.2, 0.25) is 5.91 Å². The quantitative estimate of drug-likeness (QED) is 0.708. The van der Waals surface area contributed by atoms with Gasteiger partial charge in [-0.3, -0.25) is 4.79 Å². The van der Waals surface area contributed by atoms with Crippen molar-refractivity contribution < 1.29 is 9.53 Å². The molecule has 4 nitrogen and oxygen atoms in total. The summed E-state index contributed by atoms with van der Waals surface area (Å²) >= 11 is 0. The summed E-state index contributed by atoms with van der Waals surface area (Å²) in [7, 11) is 1.68. The third-order valence-corrected chi connectivity index (χ3v) is 2.71. The van der Waals surface area contributed by atoms with Gasteiger partial charge >= 0.3 is 0 Å². The molecule has 0 atom stereocenters. The highest BCUT2D eigenvalue weighted by atomic mass is 16.5. The van der Waals surface area contributed by atoms with E-state index in [9.17, 15) is 4.79 Å². The number of nitrogens with one attached hydrogen (secondary N) is 2. The lowest BCUT2D eigenvalue weighted by molar-refractivity contribution is -0.118. The third-order valence-electron chi connectivity index (χ3n) is 2.71. The summed E-state index contributed by atoms with van der Waals surface area (Å²) < 4.78 is 5.30. The molecule has 1 aliphatic heterocycles.